The Balaban J connectivity index is 0.000000298. The summed E-state index contributed by atoms with van der Waals surface area (Å²) in [6.45, 7) is 3.74. The van der Waals surface area contributed by atoms with Gasteiger partial charge in [-0.15, -0.1) is 0 Å². The molecule has 3 aromatic rings. The van der Waals surface area contributed by atoms with Gasteiger partial charge in [0.15, 0.2) is 0 Å². The third-order valence-electron chi connectivity index (χ3n) is 9.86. The Labute approximate surface area is 269 Å². The van der Waals surface area contributed by atoms with Crippen LogP contribution in [0.2, 0.25) is 0 Å². The highest BCUT2D eigenvalue weighted by molar-refractivity contribution is 5.89. The number of nitrogens with two attached hydrogens (primary N) is 1. The second-order valence-corrected chi connectivity index (χ2v) is 13.7. The average molecular weight is 611 g/mol. The molecule has 3 aromatic carbocycles. The van der Waals surface area contributed by atoms with E-state index < -0.39 is 5.97 Å². The first-order chi connectivity index (χ1) is 21.8. The third-order valence-corrected chi connectivity index (χ3v) is 9.86. The lowest BCUT2D eigenvalue weighted by molar-refractivity contribution is -0.131. The molecule has 4 bridgehead atoms. The van der Waals surface area contributed by atoms with Gasteiger partial charge in [0.2, 0.25) is 5.91 Å². The molecule has 0 heterocycles. The summed E-state index contributed by atoms with van der Waals surface area (Å²) in [5, 5.41) is 9.31. The van der Waals surface area contributed by atoms with E-state index in [-0.39, 0.29) is 18.1 Å². The number of ether oxygens (including phenoxy) is 1. The summed E-state index contributed by atoms with van der Waals surface area (Å²) in [4.78, 5) is 26.4. The van der Waals surface area contributed by atoms with Crippen molar-refractivity contribution in [2.24, 2.45) is 23.5 Å². The predicted molar refractivity (Wildman–Crippen MR) is 179 cm³/mol. The fraction of sp³-hybridized carbons (Fsp3) is 0.487. The van der Waals surface area contributed by atoms with Crippen LogP contribution in [0.4, 0.5) is 0 Å². The van der Waals surface area contributed by atoms with Crippen molar-refractivity contribution in [1.82, 2.24) is 4.90 Å². The monoisotopic (exact) mass is 610 g/mol. The molecule has 4 aliphatic carbocycles. The molecule has 3 N–H and O–H groups in total. The molecule has 4 aliphatic rings. The van der Waals surface area contributed by atoms with E-state index in [9.17, 15) is 14.7 Å². The Bertz CT molecular complexity index is 1350. The SMILES string of the molecule is CCCCCCN(Cc1ccccc1)C(=O)Cc1ccc(OCc2ccccc2C(=O)O)cc1.NC12CC3CC(CC(C3)C1)C2. The van der Waals surface area contributed by atoms with Crippen LogP contribution in [0.15, 0.2) is 78.9 Å². The zero-order valence-corrected chi connectivity index (χ0v) is 26.8. The molecular weight excluding hydrogens is 560 g/mol. The fourth-order valence-corrected chi connectivity index (χ4v) is 8.01. The number of carbonyl (C=O) groups excluding carboxylic acids is 1. The van der Waals surface area contributed by atoms with Crippen LogP contribution in [0.5, 0.6) is 5.75 Å². The summed E-state index contributed by atoms with van der Waals surface area (Å²) in [6, 6.07) is 24.4. The van der Waals surface area contributed by atoms with Crippen molar-refractivity contribution < 1.29 is 19.4 Å². The maximum atomic E-state index is 13.1. The Morgan fingerprint density at radius 3 is 2.04 bits per heavy atom. The lowest BCUT2D eigenvalue weighted by Gasteiger charge is -2.55. The number of hydrogen-bond donors (Lipinski definition) is 2. The molecule has 7 rings (SSSR count). The van der Waals surface area contributed by atoms with Crippen molar-refractivity contribution in [3.63, 3.8) is 0 Å². The van der Waals surface area contributed by atoms with Crippen molar-refractivity contribution in [3.8, 4) is 5.75 Å². The molecule has 0 aromatic heterocycles. The summed E-state index contributed by atoms with van der Waals surface area (Å²) in [5.41, 5.74) is 9.54. The molecule has 240 valence electrons. The van der Waals surface area contributed by atoms with E-state index in [4.69, 9.17) is 10.5 Å². The molecule has 0 saturated heterocycles. The number of carboxylic acids is 1. The van der Waals surface area contributed by atoms with Crippen LogP contribution in [0.1, 0.15) is 98.2 Å². The van der Waals surface area contributed by atoms with Gasteiger partial charge in [-0.3, -0.25) is 4.79 Å². The summed E-state index contributed by atoms with van der Waals surface area (Å²) in [6.07, 6.45) is 13.4. The summed E-state index contributed by atoms with van der Waals surface area (Å²) < 4.78 is 5.79. The van der Waals surface area contributed by atoms with Gasteiger partial charge in [-0.05, 0) is 92.0 Å². The van der Waals surface area contributed by atoms with Gasteiger partial charge in [-0.25, -0.2) is 4.79 Å². The number of hydrogen-bond acceptors (Lipinski definition) is 4. The van der Waals surface area contributed by atoms with Crippen LogP contribution < -0.4 is 10.5 Å². The first-order valence-electron chi connectivity index (χ1n) is 16.9. The molecule has 0 atom stereocenters. The molecular formula is C39H50N2O4. The zero-order chi connectivity index (χ0) is 31.6. The Kier molecular flexibility index (Phi) is 11.3. The maximum absolute atomic E-state index is 13.1. The van der Waals surface area contributed by atoms with Crippen LogP contribution in [0, 0.1) is 17.8 Å². The number of carbonyl (C=O) groups is 2. The minimum Gasteiger partial charge on any atom is -0.489 e. The minimum atomic E-state index is -0.970. The molecule has 0 spiro atoms. The molecule has 45 heavy (non-hydrogen) atoms. The highest BCUT2D eigenvalue weighted by Crippen LogP contribution is 2.54. The Morgan fingerprint density at radius 2 is 1.44 bits per heavy atom. The molecule has 4 fully saturated rings. The fourth-order valence-electron chi connectivity index (χ4n) is 8.01. The number of amides is 1. The van der Waals surface area contributed by atoms with Gasteiger partial charge in [0.25, 0.3) is 0 Å². The largest absolute Gasteiger partial charge is 0.489 e. The molecule has 6 heteroatoms. The number of carboxylic acid groups (broad SMARTS) is 1. The molecule has 0 unspecified atom stereocenters. The van der Waals surface area contributed by atoms with Crippen molar-refractivity contribution in [1.29, 1.82) is 0 Å². The second-order valence-electron chi connectivity index (χ2n) is 13.7. The second kappa shape index (κ2) is 15.6. The topological polar surface area (TPSA) is 92.9 Å². The first kappa shape index (κ1) is 32.7. The summed E-state index contributed by atoms with van der Waals surface area (Å²) in [5.74, 6) is 2.84. The molecule has 1 amide bonds. The minimum absolute atomic E-state index is 0.115. The van der Waals surface area contributed by atoms with Crippen LogP contribution in [-0.2, 0) is 24.4 Å². The Morgan fingerprint density at radius 1 is 0.822 bits per heavy atom. The van der Waals surface area contributed by atoms with Crippen LogP contribution in [-0.4, -0.2) is 34.0 Å². The van der Waals surface area contributed by atoms with Gasteiger partial charge in [-0.1, -0.05) is 86.8 Å². The van der Waals surface area contributed by atoms with Crippen molar-refractivity contribution in [3.05, 3.63) is 101 Å². The number of aromatic carboxylic acids is 1. The van der Waals surface area contributed by atoms with Gasteiger partial charge in [0, 0.05) is 24.2 Å². The standard InChI is InChI=1S/C29H33NO4.C10H17N/c1-2-3-4-10-19-30(21-24-11-6-5-7-12-24)28(31)20-23-15-17-26(18-16-23)34-22-25-13-8-9-14-27(25)29(32)33;11-10-4-7-1-8(5-10)3-9(2-7)6-10/h5-9,11-18H,2-4,10,19-22H2,1H3,(H,32,33);7-9H,1-6,11H2. The maximum Gasteiger partial charge on any atom is 0.336 e. The smallest absolute Gasteiger partial charge is 0.336 e. The highest BCUT2D eigenvalue weighted by atomic mass is 16.5. The number of rotatable bonds is 13. The highest BCUT2D eigenvalue weighted by Gasteiger charge is 2.48. The van der Waals surface area contributed by atoms with Crippen LogP contribution >= 0.6 is 0 Å². The third kappa shape index (κ3) is 9.43. The molecule has 4 saturated carbocycles. The van der Waals surface area contributed by atoms with Gasteiger partial charge < -0.3 is 20.5 Å². The van der Waals surface area contributed by atoms with E-state index in [1.54, 1.807) is 24.3 Å². The predicted octanol–water partition coefficient (Wildman–Crippen LogP) is 8.03. The van der Waals surface area contributed by atoms with Gasteiger partial charge >= 0.3 is 5.97 Å². The van der Waals surface area contributed by atoms with Crippen LogP contribution in [0.3, 0.4) is 0 Å². The van der Waals surface area contributed by atoms with Crippen molar-refractivity contribution >= 4 is 11.9 Å². The van der Waals surface area contributed by atoms with Crippen LogP contribution in [0.25, 0.3) is 0 Å². The van der Waals surface area contributed by atoms with E-state index in [1.807, 2.05) is 47.4 Å². The molecule has 6 nitrogen and oxygen atoms in total. The first-order valence-corrected chi connectivity index (χ1v) is 16.9. The quantitative estimate of drug-likeness (QED) is 0.191. The zero-order valence-electron chi connectivity index (χ0n) is 26.8. The number of nitrogens with zero attached hydrogens (tertiary/aromatic N) is 1. The van der Waals surface area contributed by atoms with Gasteiger partial charge in [0.05, 0.1) is 12.0 Å². The Hall–Kier alpha value is -3.64. The molecule has 0 radical (unpaired) electrons. The summed E-state index contributed by atoms with van der Waals surface area (Å²) in [7, 11) is 0. The van der Waals surface area contributed by atoms with Crippen molar-refractivity contribution in [2.75, 3.05) is 6.54 Å². The number of benzene rings is 3. The number of unbranched alkanes of at least 4 members (excludes halogenated alkanes) is 3. The van der Waals surface area contributed by atoms with E-state index >= 15 is 0 Å². The summed E-state index contributed by atoms with van der Waals surface area (Å²) >= 11 is 0. The van der Waals surface area contributed by atoms with E-state index in [2.05, 4.69) is 19.1 Å². The average Bonchev–Trinajstić information content (AvgIpc) is 3.02. The lowest BCUT2D eigenvalue weighted by atomic mass is 9.53. The van der Waals surface area contributed by atoms with Gasteiger partial charge in [-0.2, -0.15) is 0 Å². The van der Waals surface area contributed by atoms with E-state index in [1.165, 1.54) is 51.4 Å². The van der Waals surface area contributed by atoms with E-state index in [0.717, 1.165) is 48.3 Å². The lowest BCUT2D eigenvalue weighted by Crippen LogP contribution is -2.55. The van der Waals surface area contributed by atoms with E-state index in [0.29, 0.717) is 29.8 Å². The van der Waals surface area contributed by atoms with Crippen molar-refractivity contribution in [2.45, 2.75) is 96.2 Å². The van der Waals surface area contributed by atoms with Gasteiger partial charge in [0.1, 0.15) is 12.4 Å². The molecule has 0 aliphatic heterocycles. The normalized spacial score (nSPS) is 22.8.